The minimum atomic E-state index is -4.38. The van der Waals surface area contributed by atoms with E-state index in [0.29, 0.717) is 23.0 Å². The Morgan fingerprint density at radius 3 is 2.73 bits per heavy atom. The highest BCUT2D eigenvalue weighted by atomic mass is 32.1. The molecule has 1 aliphatic heterocycles. The van der Waals surface area contributed by atoms with Gasteiger partial charge in [0.15, 0.2) is 5.69 Å². The zero-order valence-corrected chi connectivity index (χ0v) is 13.9. The van der Waals surface area contributed by atoms with E-state index in [-0.39, 0.29) is 6.10 Å². The van der Waals surface area contributed by atoms with Crippen LogP contribution in [0.2, 0.25) is 0 Å². The van der Waals surface area contributed by atoms with Crippen molar-refractivity contribution in [3.63, 3.8) is 0 Å². The molecular formula is C15H23F3N2OS. The van der Waals surface area contributed by atoms with E-state index in [1.807, 2.05) is 6.92 Å². The van der Waals surface area contributed by atoms with E-state index in [1.165, 1.54) is 0 Å². The zero-order chi connectivity index (χ0) is 16.2. The highest BCUT2D eigenvalue weighted by Crippen LogP contribution is 2.35. The van der Waals surface area contributed by atoms with Crippen LogP contribution in [0.3, 0.4) is 0 Å². The highest BCUT2D eigenvalue weighted by molar-refractivity contribution is 7.11. The minimum absolute atomic E-state index is 0.142. The monoisotopic (exact) mass is 336 g/mol. The number of aromatic nitrogens is 1. The van der Waals surface area contributed by atoms with Crippen molar-refractivity contribution in [1.82, 2.24) is 9.88 Å². The fourth-order valence-electron chi connectivity index (χ4n) is 2.79. The van der Waals surface area contributed by atoms with Crippen molar-refractivity contribution in [2.75, 3.05) is 19.7 Å². The van der Waals surface area contributed by atoms with Gasteiger partial charge in [-0.1, -0.05) is 6.92 Å². The van der Waals surface area contributed by atoms with Gasteiger partial charge < -0.3 is 4.74 Å². The van der Waals surface area contributed by atoms with Gasteiger partial charge in [-0.3, -0.25) is 4.90 Å². The Kier molecular flexibility index (Phi) is 6.23. The Morgan fingerprint density at radius 2 is 2.14 bits per heavy atom. The van der Waals surface area contributed by atoms with Crippen molar-refractivity contribution in [2.24, 2.45) is 0 Å². The molecule has 1 aromatic heterocycles. The number of halogens is 3. The smallest absolute Gasteiger partial charge is 0.377 e. The molecule has 2 heterocycles. The van der Waals surface area contributed by atoms with E-state index in [2.05, 4.69) is 9.88 Å². The van der Waals surface area contributed by atoms with Crippen LogP contribution in [-0.2, 0) is 17.5 Å². The third-order valence-corrected chi connectivity index (χ3v) is 4.67. The fourth-order valence-corrected chi connectivity index (χ4v) is 3.79. The van der Waals surface area contributed by atoms with Gasteiger partial charge in [-0.15, -0.1) is 11.3 Å². The molecule has 22 heavy (non-hydrogen) atoms. The van der Waals surface area contributed by atoms with E-state index in [4.69, 9.17) is 4.74 Å². The van der Waals surface area contributed by atoms with Gasteiger partial charge in [0.1, 0.15) is 0 Å². The summed E-state index contributed by atoms with van der Waals surface area (Å²) < 4.78 is 44.9. The minimum Gasteiger partial charge on any atom is -0.377 e. The number of rotatable bonds is 6. The van der Waals surface area contributed by atoms with Crippen molar-refractivity contribution >= 4 is 11.3 Å². The predicted octanol–water partition coefficient (Wildman–Crippen LogP) is 4.25. The molecule has 2 rings (SSSR count). The Bertz CT molecular complexity index is 470. The summed E-state index contributed by atoms with van der Waals surface area (Å²) in [7, 11) is 0. The van der Waals surface area contributed by atoms with Gasteiger partial charge in [0, 0.05) is 19.7 Å². The van der Waals surface area contributed by atoms with Crippen LogP contribution in [0.4, 0.5) is 13.2 Å². The van der Waals surface area contributed by atoms with Crippen molar-refractivity contribution < 1.29 is 17.9 Å². The lowest BCUT2D eigenvalue weighted by atomic mass is 10.1. The number of thiazole rings is 1. The lowest BCUT2D eigenvalue weighted by Crippen LogP contribution is -2.36. The number of hydrogen-bond donors (Lipinski definition) is 0. The molecule has 0 aliphatic carbocycles. The second kappa shape index (κ2) is 7.75. The number of hydrogen-bond acceptors (Lipinski definition) is 4. The normalized spacial score (nSPS) is 19.8. The van der Waals surface area contributed by atoms with Crippen molar-refractivity contribution in [3.05, 3.63) is 15.6 Å². The lowest BCUT2D eigenvalue weighted by molar-refractivity contribution is -0.141. The summed E-state index contributed by atoms with van der Waals surface area (Å²) in [5, 5.41) is 0.465. The largest absolute Gasteiger partial charge is 0.434 e. The Hall–Kier alpha value is -0.660. The number of ether oxygens (including phenoxy) is 1. The Morgan fingerprint density at radius 1 is 1.36 bits per heavy atom. The molecule has 0 amide bonds. The first-order valence-corrected chi connectivity index (χ1v) is 8.59. The van der Waals surface area contributed by atoms with Gasteiger partial charge in [0.2, 0.25) is 0 Å². The zero-order valence-electron chi connectivity index (χ0n) is 13.1. The van der Waals surface area contributed by atoms with E-state index < -0.39 is 11.9 Å². The molecular weight excluding hydrogens is 313 g/mol. The van der Waals surface area contributed by atoms with Crippen LogP contribution >= 0.6 is 11.3 Å². The molecule has 0 spiro atoms. The topological polar surface area (TPSA) is 25.4 Å². The van der Waals surface area contributed by atoms with Crippen LogP contribution in [0.5, 0.6) is 0 Å². The summed E-state index contributed by atoms with van der Waals surface area (Å²) >= 11 is 1.14. The number of alkyl halides is 3. The van der Waals surface area contributed by atoms with E-state index in [1.54, 1.807) is 6.92 Å². The lowest BCUT2D eigenvalue weighted by Gasteiger charge is -2.29. The maximum absolute atomic E-state index is 13.1. The summed E-state index contributed by atoms with van der Waals surface area (Å²) in [6.07, 6.45) is -0.114. The molecule has 1 aromatic rings. The molecule has 0 saturated carbocycles. The van der Waals surface area contributed by atoms with Crippen LogP contribution in [0.1, 0.15) is 48.2 Å². The average Bonchev–Trinajstić information content (AvgIpc) is 2.81. The SMILES string of the molecule is CCCN(Cc1sc(C)nc1C(F)(F)F)C[C@H]1CCCCO1. The first kappa shape index (κ1) is 17.7. The van der Waals surface area contributed by atoms with Gasteiger partial charge in [0.25, 0.3) is 0 Å². The molecule has 0 bridgehead atoms. The van der Waals surface area contributed by atoms with Crippen LogP contribution in [0.25, 0.3) is 0 Å². The molecule has 1 aliphatic rings. The van der Waals surface area contributed by atoms with Crippen LogP contribution < -0.4 is 0 Å². The fraction of sp³-hybridized carbons (Fsp3) is 0.800. The van der Waals surface area contributed by atoms with Gasteiger partial charge in [-0.05, 0) is 39.2 Å². The molecule has 0 radical (unpaired) electrons. The number of aryl methyl sites for hydroxylation is 1. The highest BCUT2D eigenvalue weighted by Gasteiger charge is 2.37. The summed E-state index contributed by atoms with van der Waals surface area (Å²) in [5.41, 5.74) is -0.722. The van der Waals surface area contributed by atoms with Crippen molar-refractivity contribution in [3.8, 4) is 0 Å². The second-order valence-corrected chi connectivity index (χ2v) is 7.01. The maximum Gasteiger partial charge on any atom is 0.434 e. The first-order chi connectivity index (χ1) is 10.4. The van der Waals surface area contributed by atoms with Crippen molar-refractivity contribution in [2.45, 2.75) is 58.4 Å². The Balaban J connectivity index is 2.07. The van der Waals surface area contributed by atoms with Crippen LogP contribution in [0.15, 0.2) is 0 Å². The second-order valence-electron chi connectivity index (χ2n) is 5.73. The van der Waals surface area contributed by atoms with Gasteiger partial charge >= 0.3 is 6.18 Å². The quantitative estimate of drug-likeness (QED) is 0.776. The molecule has 1 atom stereocenters. The molecule has 0 unspecified atom stereocenters. The molecule has 1 fully saturated rings. The molecule has 0 N–H and O–H groups in total. The molecule has 126 valence electrons. The summed E-state index contributed by atoms with van der Waals surface area (Å²) in [6, 6.07) is 0. The molecule has 3 nitrogen and oxygen atoms in total. The van der Waals surface area contributed by atoms with Crippen molar-refractivity contribution in [1.29, 1.82) is 0 Å². The van der Waals surface area contributed by atoms with Gasteiger partial charge in [0.05, 0.1) is 16.0 Å². The third kappa shape index (κ3) is 4.93. The third-order valence-electron chi connectivity index (χ3n) is 3.72. The standard InChI is InChI=1S/C15H23F3N2OS/c1-3-7-20(9-12-6-4-5-8-21-12)10-13-14(15(16,17)18)19-11(2)22-13/h12H,3-10H2,1-2H3/t12-/m1/s1. The first-order valence-electron chi connectivity index (χ1n) is 7.77. The van der Waals surface area contributed by atoms with Crippen LogP contribution in [0, 0.1) is 6.92 Å². The molecule has 1 saturated heterocycles. The molecule has 0 aromatic carbocycles. The molecule has 7 heteroatoms. The van der Waals surface area contributed by atoms with Crippen LogP contribution in [-0.4, -0.2) is 35.7 Å². The van der Waals surface area contributed by atoms with E-state index in [0.717, 1.165) is 50.2 Å². The predicted molar refractivity (Wildman–Crippen MR) is 81.0 cm³/mol. The van der Waals surface area contributed by atoms with Gasteiger partial charge in [-0.2, -0.15) is 13.2 Å². The summed E-state index contributed by atoms with van der Waals surface area (Å²) in [4.78, 5) is 6.06. The summed E-state index contributed by atoms with van der Waals surface area (Å²) in [5.74, 6) is 0. The van der Waals surface area contributed by atoms with Gasteiger partial charge in [-0.25, -0.2) is 4.98 Å². The summed E-state index contributed by atoms with van der Waals surface area (Å²) in [6.45, 7) is 6.19. The van der Waals surface area contributed by atoms with E-state index in [9.17, 15) is 13.2 Å². The van der Waals surface area contributed by atoms with E-state index >= 15 is 0 Å². The average molecular weight is 336 g/mol. The maximum atomic E-state index is 13.1. The number of nitrogens with zero attached hydrogens (tertiary/aromatic N) is 2. The Labute approximate surface area is 133 Å².